The number of para-hydroxylation sites is 1. The molecule has 0 bridgehead atoms. The van der Waals surface area contributed by atoms with Gasteiger partial charge in [-0.15, -0.1) is 10.2 Å². The van der Waals surface area contributed by atoms with Crippen LogP contribution in [0.2, 0.25) is 0 Å². The standard InChI is InChI=1S/C21H24N4O2S/c1-4-25-20(16(3)27-18-12-8-9-15(2)13-18)23-24-21(25)28-14-19(26)22-17-10-6-5-7-11-17/h5-13,16H,4,14H2,1-3H3,(H,22,26). The number of hydrogen-bond donors (Lipinski definition) is 1. The quantitative estimate of drug-likeness (QED) is 0.569. The Bertz CT molecular complexity index is 927. The predicted molar refractivity (Wildman–Crippen MR) is 112 cm³/mol. The van der Waals surface area contributed by atoms with Gasteiger partial charge in [0.1, 0.15) is 5.75 Å². The molecule has 0 aliphatic rings. The maximum Gasteiger partial charge on any atom is 0.234 e. The van der Waals surface area contributed by atoms with Crippen LogP contribution >= 0.6 is 11.8 Å². The van der Waals surface area contributed by atoms with Crippen LogP contribution in [0, 0.1) is 6.92 Å². The number of nitrogens with one attached hydrogen (secondary N) is 1. The van der Waals surface area contributed by atoms with Crippen molar-refractivity contribution >= 4 is 23.4 Å². The van der Waals surface area contributed by atoms with Gasteiger partial charge in [-0.3, -0.25) is 4.79 Å². The number of nitrogens with zero attached hydrogens (tertiary/aromatic N) is 3. The van der Waals surface area contributed by atoms with Crippen LogP contribution in [0.5, 0.6) is 5.75 Å². The highest BCUT2D eigenvalue weighted by molar-refractivity contribution is 7.99. The molecule has 3 rings (SSSR count). The third-order valence-electron chi connectivity index (χ3n) is 4.12. The summed E-state index contributed by atoms with van der Waals surface area (Å²) in [5.41, 5.74) is 1.92. The zero-order valence-corrected chi connectivity index (χ0v) is 17.1. The number of thioether (sulfide) groups is 1. The molecule has 3 aromatic rings. The third-order valence-corrected chi connectivity index (χ3v) is 5.08. The van der Waals surface area contributed by atoms with E-state index >= 15 is 0 Å². The average molecular weight is 397 g/mol. The van der Waals surface area contributed by atoms with Crippen molar-refractivity contribution in [2.24, 2.45) is 0 Å². The van der Waals surface area contributed by atoms with Gasteiger partial charge in [-0.05, 0) is 50.6 Å². The van der Waals surface area contributed by atoms with E-state index in [0.29, 0.717) is 11.7 Å². The zero-order valence-electron chi connectivity index (χ0n) is 16.3. The van der Waals surface area contributed by atoms with Crippen molar-refractivity contribution in [2.75, 3.05) is 11.1 Å². The lowest BCUT2D eigenvalue weighted by molar-refractivity contribution is -0.113. The summed E-state index contributed by atoms with van der Waals surface area (Å²) in [6.07, 6.45) is -0.248. The normalized spacial score (nSPS) is 11.8. The van der Waals surface area contributed by atoms with Crippen molar-refractivity contribution in [2.45, 2.75) is 38.6 Å². The summed E-state index contributed by atoms with van der Waals surface area (Å²) in [7, 11) is 0. The fourth-order valence-electron chi connectivity index (χ4n) is 2.80. The Hall–Kier alpha value is -2.80. The second-order valence-corrected chi connectivity index (χ2v) is 7.31. The molecule has 0 saturated carbocycles. The summed E-state index contributed by atoms with van der Waals surface area (Å²) in [5, 5.41) is 12.1. The highest BCUT2D eigenvalue weighted by Gasteiger charge is 2.19. The lowest BCUT2D eigenvalue weighted by Gasteiger charge is -2.16. The number of carbonyl (C=O) groups excluding carboxylic acids is 1. The van der Waals surface area contributed by atoms with Crippen molar-refractivity contribution in [3.8, 4) is 5.75 Å². The molecule has 2 aromatic carbocycles. The molecule has 0 radical (unpaired) electrons. The Labute approximate surface area is 169 Å². The maximum atomic E-state index is 12.2. The monoisotopic (exact) mass is 396 g/mol. The molecule has 1 atom stereocenters. The maximum absolute atomic E-state index is 12.2. The van der Waals surface area contributed by atoms with Crippen LogP contribution < -0.4 is 10.1 Å². The number of ether oxygens (including phenoxy) is 1. The second-order valence-electron chi connectivity index (χ2n) is 6.36. The summed E-state index contributed by atoms with van der Waals surface area (Å²) in [4.78, 5) is 12.2. The Kier molecular flexibility index (Phi) is 6.71. The first-order valence-corrected chi connectivity index (χ1v) is 10.2. The molecule has 1 amide bonds. The molecular weight excluding hydrogens is 372 g/mol. The van der Waals surface area contributed by atoms with Gasteiger partial charge in [0.2, 0.25) is 5.91 Å². The van der Waals surface area contributed by atoms with Gasteiger partial charge in [0.05, 0.1) is 5.75 Å². The molecule has 28 heavy (non-hydrogen) atoms. The highest BCUT2D eigenvalue weighted by Crippen LogP contribution is 2.25. The predicted octanol–water partition coefficient (Wildman–Crippen LogP) is 4.48. The van der Waals surface area contributed by atoms with Crippen molar-refractivity contribution in [1.29, 1.82) is 0 Å². The van der Waals surface area contributed by atoms with Crippen LogP contribution in [0.4, 0.5) is 5.69 Å². The van der Waals surface area contributed by atoms with Gasteiger partial charge in [-0.2, -0.15) is 0 Å². The minimum Gasteiger partial charge on any atom is -0.483 e. The second kappa shape index (κ2) is 9.41. The molecule has 1 aromatic heterocycles. The molecule has 0 aliphatic carbocycles. The molecule has 1 unspecified atom stereocenters. The number of amides is 1. The van der Waals surface area contributed by atoms with E-state index < -0.39 is 0 Å². The largest absolute Gasteiger partial charge is 0.483 e. The van der Waals surface area contributed by atoms with Crippen molar-refractivity contribution in [3.63, 3.8) is 0 Å². The number of aryl methyl sites for hydroxylation is 1. The molecule has 1 N–H and O–H groups in total. The molecule has 6 nitrogen and oxygen atoms in total. The van der Waals surface area contributed by atoms with Crippen molar-refractivity contribution in [1.82, 2.24) is 14.8 Å². The number of aromatic nitrogens is 3. The molecule has 146 valence electrons. The van der Waals surface area contributed by atoms with Crippen molar-refractivity contribution < 1.29 is 9.53 Å². The van der Waals surface area contributed by atoms with E-state index in [1.54, 1.807) is 0 Å². The van der Waals surface area contributed by atoms with Gasteiger partial charge in [-0.1, -0.05) is 42.1 Å². The fourth-order valence-corrected chi connectivity index (χ4v) is 3.61. The first-order valence-electron chi connectivity index (χ1n) is 9.21. The molecule has 0 fully saturated rings. The van der Waals surface area contributed by atoms with E-state index in [0.717, 1.165) is 22.8 Å². The van der Waals surface area contributed by atoms with Crippen LogP contribution in [0.25, 0.3) is 0 Å². The first kappa shape index (κ1) is 19.9. The van der Waals surface area contributed by atoms with Gasteiger partial charge >= 0.3 is 0 Å². The highest BCUT2D eigenvalue weighted by atomic mass is 32.2. The van der Waals surface area contributed by atoms with Gasteiger partial charge in [-0.25, -0.2) is 0 Å². The van der Waals surface area contributed by atoms with Crippen LogP contribution in [-0.2, 0) is 11.3 Å². The van der Waals surface area contributed by atoms with Crippen LogP contribution in [0.1, 0.15) is 31.3 Å². The summed E-state index contributed by atoms with van der Waals surface area (Å²) in [6.45, 7) is 6.71. The smallest absolute Gasteiger partial charge is 0.234 e. The summed E-state index contributed by atoms with van der Waals surface area (Å²) in [6, 6.07) is 17.3. The Balaban J connectivity index is 1.63. The summed E-state index contributed by atoms with van der Waals surface area (Å²) < 4.78 is 8.02. The van der Waals surface area contributed by atoms with E-state index in [1.165, 1.54) is 11.8 Å². The van der Waals surface area contributed by atoms with Crippen LogP contribution in [-0.4, -0.2) is 26.4 Å². The Morgan fingerprint density at radius 2 is 1.96 bits per heavy atom. The van der Waals surface area contributed by atoms with E-state index in [-0.39, 0.29) is 17.8 Å². The lowest BCUT2D eigenvalue weighted by atomic mass is 10.2. The number of carbonyl (C=O) groups is 1. The molecule has 0 saturated heterocycles. The molecule has 7 heteroatoms. The van der Waals surface area contributed by atoms with Crippen molar-refractivity contribution in [3.05, 3.63) is 66.0 Å². The van der Waals surface area contributed by atoms with Gasteiger partial charge in [0.25, 0.3) is 0 Å². The topological polar surface area (TPSA) is 69.0 Å². The lowest BCUT2D eigenvalue weighted by Crippen LogP contribution is -2.15. The number of rotatable bonds is 8. The number of hydrogen-bond acceptors (Lipinski definition) is 5. The molecule has 0 aliphatic heterocycles. The van der Waals surface area contributed by atoms with E-state index in [2.05, 4.69) is 15.5 Å². The van der Waals surface area contributed by atoms with E-state index in [1.807, 2.05) is 79.9 Å². The van der Waals surface area contributed by atoms with Gasteiger partial charge in [0, 0.05) is 12.2 Å². The average Bonchev–Trinajstić information content (AvgIpc) is 3.10. The molecule has 0 spiro atoms. The number of benzene rings is 2. The van der Waals surface area contributed by atoms with Crippen LogP contribution in [0.3, 0.4) is 0 Å². The minimum atomic E-state index is -0.248. The molecular formula is C21H24N4O2S. The van der Waals surface area contributed by atoms with Gasteiger partial charge < -0.3 is 14.6 Å². The third kappa shape index (κ3) is 5.13. The van der Waals surface area contributed by atoms with Gasteiger partial charge in [0.15, 0.2) is 17.1 Å². The van der Waals surface area contributed by atoms with E-state index in [4.69, 9.17) is 4.74 Å². The Morgan fingerprint density at radius 1 is 1.18 bits per heavy atom. The SMILES string of the molecule is CCn1c(SCC(=O)Nc2ccccc2)nnc1C(C)Oc1cccc(C)c1. The fraction of sp³-hybridized carbons (Fsp3) is 0.286. The number of anilines is 1. The minimum absolute atomic E-state index is 0.0764. The summed E-state index contributed by atoms with van der Waals surface area (Å²) >= 11 is 1.37. The first-order chi connectivity index (χ1) is 13.6. The summed E-state index contributed by atoms with van der Waals surface area (Å²) in [5.74, 6) is 1.73. The Morgan fingerprint density at radius 3 is 2.68 bits per heavy atom. The zero-order chi connectivity index (χ0) is 19.9. The molecule has 1 heterocycles. The van der Waals surface area contributed by atoms with Crippen LogP contribution in [0.15, 0.2) is 59.8 Å². The van der Waals surface area contributed by atoms with E-state index in [9.17, 15) is 4.79 Å².